The first-order chi connectivity index (χ1) is 12.8. The molecule has 3 rings (SSSR count). The maximum atomic E-state index is 12.6. The van der Waals surface area contributed by atoms with E-state index in [0.717, 1.165) is 13.0 Å². The van der Waals surface area contributed by atoms with Crippen LogP contribution in [0.3, 0.4) is 0 Å². The van der Waals surface area contributed by atoms with Crippen LogP contribution in [0.15, 0.2) is 51.8 Å². The lowest BCUT2D eigenvalue weighted by Crippen LogP contribution is -2.20. The van der Waals surface area contributed by atoms with E-state index >= 15 is 0 Å². The summed E-state index contributed by atoms with van der Waals surface area (Å²) >= 11 is 11.9. The van der Waals surface area contributed by atoms with Gasteiger partial charge in [-0.2, -0.15) is 8.42 Å². The van der Waals surface area contributed by atoms with Gasteiger partial charge in [-0.15, -0.1) is 4.40 Å². The fraction of sp³-hybridized carbons (Fsp3) is 0.222. The van der Waals surface area contributed by atoms with Crippen molar-refractivity contribution >= 4 is 50.7 Å². The fourth-order valence-electron chi connectivity index (χ4n) is 2.71. The van der Waals surface area contributed by atoms with Crippen LogP contribution in [0.5, 0.6) is 0 Å². The van der Waals surface area contributed by atoms with Gasteiger partial charge in [-0.25, -0.2) is 0 Å². The van der Waals surface area contributed by atoms with Crippen LogP contribution >= 0.6 is 23.2 Å². The Kier molecular flexibility index (Phi) is 5.74. The van der Waals surface area contributed by atoms with Gasteiger partial charge in [0.25, 0.3) is 15.9 Å². The molecule has 1 aliphatic heterocycles. The summed E-state index contributed by atoms with van der Waals surface area (Å²) in [6.45, 7) is 0.783. The third-order valence-electron chi connectivity index (χ3n) is 4.12. The van der Waals surface area contributed by atoms with Crippen LogP contribution in [-0.4, -0.2) is 38.7 Å². The average molecular weight is 426 g/mol. The van der Waals surface area contributed by atoms with Crippen molar-refractivity contribution in [2.24, 2.45) is 4.40 Å². The number of anilines is 1. The highest BCUT2D eigenvalue weighted by atomic mass is 35.5. The number of sulfonamides is 1. The number of nitrogens with one attached hydrogen (secondary N) is 1. The van der Waals surface area contributed by atoms with E-state index in [9.17, 15) is 13.2 Å². The summed E-state index contributed by atoms with van der Waals surface area (Å²) in [4.78, 5) is 14.3. The Bertz CT molecular complexity index is 1020. The second kappa shape index (κ2) is 7.88. The summed E-state index contributed by atoms with van der Waals surface area (Å²) in [5, 5.41) is 3.26. The predicted molar refractivity (Wildman–Crippen MR) is 107 cm³/mol. The molecule has 0 aliphatic carbocycles. The average Bonchev–Trinajstić information content (AvgIpc) is 3.01. The Morgan fingerprint density at radius 2 is 1.96 bits per heavy atom. The highest BCUT2D eigenvalue weighted by Gasteiger charge is 2.21. The van der Waals surface area contributed by atoms with Crippen LogP contribution in [-0.2, 0) is 10.0 Å². The summed E-state index contributed by atoms with van der Waals surface area (Å²) in [7, 11) is -2.05. The zero-order valence-corrected chi connectivity index (χ0v) is 16.8. The molecule has 2 aromatic rings. The first kappa shape index (κ1) is 19.7. The minimum atomic E-state index is -3.87. The molecule has 1 fully saturated rings. The first-order valence-electron chi connectivity index (χ1n) is 8.18. The number of amides is 1. The van der Waals surface area contributed by atoms with Crippen LogP contribution in [0.25, 0.3) is 0 Å². The van der Waals surface area contributed by atoms with Gasteiger partial charge in [0.2, 0.25) is 0 Å². The van der Waals surface area contributed by atoms with Crippen LogP contribution in [0.4, 0.5) is 5.69 Å². The van der Waals surface area contributed by atoms with Gasteiger partial charge in [0.15, 0.2) is 0 Å². The van der Waals surface area contributed by atoms with E-state index in [1.165, 1.54) is 24.3 Å². The van der Waals surface area contributed by atoms with Crippen molar-refractivity contribution in [3.05, 3.63) is 58.1 Å². The standard InChI is InChI=1S/C18H17Cl2N3O3S/c1-23-9-3-6-17(23)22-27(25,26)14-5-2-4-13(11-14)21-18(24)15-10-12(19)7-8-16(15)20/h2,4-5,7-8,10-11H,3,6,9H2,1H3,(H,21,24). The van der Waals surface area contributed by atoms with E-state index in [0.29, 0.717) is 23.0 Å². The molecular weight excluding hydrogens is 409 g/mol. The number of nitrogens with zero attached hydrogens (tertiary/aromatic N) is 2. The van der Waals surface area contributed by atoms with Gasteiger partial charge in [0.05, 0.1) is 15.5 Å². The highest BCUT2D eigenvalue weighted by Crippen LogP contribution is 2.24. The lowest BCUT2D eigenvalue weighted by molar-refractivity contribution is 0.102. The lowest BCUT2D eigenvalue weighted by atomic mass is 10.2. The lowest BCUT2D eigenvalue weighted by Gasteiger charge is -2.11. The number of rotatable bonds is 4. The Labute approximate surface area is 167 Å². The van der Waals surface area contributed by atoms with Crippen molar-refractivity contribution in [1.82, 2.24) is 4.90 Å². The summed E-state index contributed by atoms with van der Waals surface area (Å²) in [5.74, 6) is 0.0500. The van der Waals surface area contributed by atoms with Crippen LogP contribution in [0.2, 0.25) is 10.0 Å². The summed E-state index contributed by atoms with van der Waals surface area (Å²) < 4.78 is 29.1. The molecule has 142 valence electrons. The molecule has 1 heterocycles. The van der Waals surface area contributed by atoms with Gasteiger partial charge in [-0.3, -0.25) is 4.79 Å². The SMILES string of the molecule is CN1CCCC1=NS(=O)(=O)c1cccc(NC(=O)c2cc(Cl)ccc2Cl)c1. The largest absolute Gasteiger partial charge is 0.362 e. The van der Waals surface area contributed by atoms with Gasteiger partial charge in [0.1, 0.15) is 5.84 Å². The maximum absolute atomic E-state index is 12.6. The molecule has 9 heteroatoms. The molecule has 0 spiro atoms. The number of carbonyl (C=O) groups is 1. The number of benzene rings is 2. The monoisotopic (exact) mass is 425 g/mol. The van der Waals surface area contributed by atoms with Gasteiger partial charge >= 0.3 is 0 Å². The summed E-state index contributed by atoms with van der Waals surface area (Å²) in [5.41, 5.74) is 0.516. The number of hydrogen-bond acceptors (Lipinski definition) is 3. The molecule has 2 aromatic carbocycles. The second-order valence-electron chi connectivity index (χ2n) is 6.11. The van der Waals surface area contributed by atoms with Crippen LogP contribution in [0.1, 0.15) is 23.2 Å². The molecule has 27 heavy (non-hydrogen) atoms. The molecule has 1 N–H and O–H groups in total. The molecular formula is C18H17Cl2N3O3S. The van der Waals surface area contributed by atoms with Gasteiger partial charge in [-0.1, -0.05) is 29.3 Å². The second-order valence-corrected chi connectivity index (χ2v) is 8.56. The minimum absolute atomic E-state index is 0.00490. The summed E-state index contributed by atoms with van der Waals surface area (Å²) in [6, 6.07) is 10.5. The van der Waals surface area contributed by atoms with Crippen molar-refractivity contribution in [3.8, 4) is 0 Å². The molecule has 0 atom stereocenters. The third-order valence-corrected chi connectivity index (χ3v) is 5.99. The van der Waals surface area contributed by atoms with E-state index in [-0.39, 0.29) is 15.5 Å². The van der Waals surface area contributed by atoms with Crippen LogP contribution in [0, 0.1) is 0 Å². The minimum Gasteiger partial charge on any atom is -0.362 e. The molecule has 0 bridgehead atoms. The highest BCUT2D eigenvalue weighted by molar-refractivity contribution is 7.90. The van der Waals surface area contributed by atoms with Crippen molar-refractivity contribution in [1.29, 1.82) is 0 Å². The predicted octanol–water partition coefficient (Wildman–Crippen LogP) is 4.06. The zero-order chi connectivity index (χ0) is 19.6. The van der Waals surface area contributed by atoms with E-state index in [2.05, 4.69) is 9.71 Å². The molecule has 1 aliphatic rings. The number of hydrogen-bond donors (Lipinski definition) is 1. The zero-order valence-electron chi connectivity index (χ0n) is 14.4. The topological polar surface area (TPSA) is 78.8 Å². The molecule has 0 unspecified atom stereocenters. The fourth-order valence-corrected chi connectivity index (χ4v) is 4.22. The van der Waals surface area contributed by atoms with Crippen molar-refractivity contribution in [2.75, 3.05) is 18.9 Å². The summed E-state index contributed by atoms with van der Waals surface area (Å²) in [6.07, 6.45) is 1.50. The van der Waals surface area contributed by atoms with Crippen molar-refractivity contribution in [3.63, 3.8) is 0 Å². The molecule has 1 saturated heterocycles. The van der Waals surface area contributed by atoms with E-state index in [1.54, 1.807) is 18.2 Å². The number of halogens is 2. The number of likely N-dealkylation sites (tertiary alicyclic amines) is 1. The maximum Gasteiger partial charge on any atom is 0.284 e. The van der Waals surface area contributed by atoms with Crippen molar-refractivity contribution < 1.29 is 13.2 Å². The normalized spacial score (nSPS) is 16.0. The quantitative estimate of drug-likeness (QED) is 0.800. The molecule has 0 aromatic heterocycles. The van der Waals surface area contributed by atoms with Gasteiger partial charge in [0, 0.05) is 30.7 Å². The molecule has 0 radical (unpaired) electrons. The van der Waals surface area contributed by atoms with Crippen molar-refractivity contribution in [2.45, 2.75) is 17.7 Å². The van der Waals surface area contributed by atoms with Crippen LogP contribution < -0.4 is 5.32 Å². The Balaban J connectivity index is 1.85. The van der Waals surface area contributed by atoms with E-state index in [4.69, 9.17) is 23.2 Å². The van der Waals surface area contributed by atoms with E-state index in [1.807, 2.05) is 11.9 Å². The van der Waals surface area contributed by atoms with Gasteiger partial charge < -0.3 is 10.2 Å². The van der Waals surface area contributed by atoms with Gasteiger partial charge in [-0.05, 0) is 42.8 Å². The smallest absolute Gasteiger partial charge is 0.284 e. The Hall–Kier alpha value is -2.09. The Morgan fingerprint density at radius 3 is 2.67 bits per heavy atom. The Morgan fingerprint density at radius 1 is 1.19 bits per heavy atom. The van der Waals surface area contributed by atoms with E-state index < -0.39 is 15.9 Å². The number of carbonyl (C=O) groups excluding carboxylic acids is 1. The molecule has 6 nitrogen and oxygen atoms in total. The molecule has 0 saturated carbocycles. The molecule has 1 amide bonds. The number of amidine groups is 1. The third kappa shape index (κ3) is 4.61. The first-order valence-corrected chi connectivity index (χ1v) is 10.4.